The predicted molar refractivity (Wildman–Crippen MR) is 85.6 cm³/mol. The summed E-state index contributed by atoms with van der Waals surface area (Å²) in [6.07, 6.45) is 1.53. The van der Waals surface area contributed by atoms with E-state index < -0.39 is 10.8 Å². The molecule has 0 spiro atoms. The molecule has 0 aliphatic carbocycles. The monoisotopic (exact) mass is 328 g/mol. The van der Waals surface area contributed by atoms with Crippen LogP contribution in [0, 0.1) is 10.1 Å². The molecule has 8 heteroatoms. The molecule has 0 atom stereocenters. The molecule has 7 nitrogen and oxygen atoms in total. The van der Waals surface area contributed by atoms with Gasteiger partial charge in [0.1, 0.15) is 0 Å². The minimum Gasteiger partial charge on any atom is -0.319 e. The van der Waals surface area contributed by atoms with Crippen molar-refractivity contribution in [3.05, 3.63) is 69.6 Å². The Kier molecular flexibility index (Phi) is 3.86. The van der Waals surface area contributed by atoms with Gasteiger partial charge in [0.25, 0.3) is 11.6 Å². The lowest BCUT2D eigenvalue weighted by Gasteiger charge is -2.05. The molecule has 3 rings (SSSR count). The van der Waals surface area contributed by atoms with Crippen molar-refractivity contribution in [2.24, 2.45) is 0 Å². The van der Waals surface area contributed by atoms with Crippen LogP contribution in [0.1, 0.15) is 10.6 Å². The standard InChI is InChI=1S/C15H9ClN4O3/c16-10-2-1-9-8-17-14(19-13(9)7-10)15(21)18-11-3-5-12(6-4-11)20(22)23/h1-8H,(H,18,21). The summed E-state index contributed by atoms with van der Waals surface area (Å²) in [5.41, 5.74) is 0.913. The van der Waals surface area contributed by atoms with Crippen molar-refractivity contribution < 1.29 is 9.72 Å². The fraction of sp³-hybridized carbons (Fsp3) is 0. The van der Waals surface area contributed by atoms with E-state index in [0.717, 1.165) is 5.39 Å². The summed E-state index contributed by atoms with van der Waals surface area (Å²) in [4.78, 5) is 30.4. The first kappa shape index (κ1) is 14.9. The van der Waals surface area contributed by atoms with Crippen LogP contribution < -0.4 is 5.32 Å². The number of fused-ring (bicyclic) bond motifs is 1. The molecule has 0 aliphatic heterocycles. The number of hydrogen-bond acceptors (Lipinski definition) is 5. The molecule has 0 unspecified atom stereocenters. The summed E-state index contributed by atoms with van der Waals surface area (Å²) in [7, 11) is 0. The van der Waals surface area contributed by atoms with Crippen LogP contribution in [0.3, 0.4) is 0 Å². The number of anilines is 1. The number of amides is 1. The maximum absolute atomic E-state index is 12.2. The van der Waals surface area contributed by atoms with E-state index in [9.17, 15) is 14.9 Å². The molecule has 1 heterocycles. The molecular formula is C15H9ClN4O3. The van der Waals surface area contributed by atoms with Crippen LogP contribution >= 0.6 is 11.6 Å². The maximum Gasteiger partial charge on any atom is 0.293 e. The van der Waals surface area contributed by atoms with Gasteiger partial charge in [0.05, 0.1) is 10.4 Å². The van der Waals surface area contributed by atoms with Crippen LogP contribution in [-0.2, 0) is 0 Å². The van der Waals surface area contributed by atoms with E-state index >= 15 is 0 Å². The second kappa shape index (κ2) is 5.98. The molecule has 0 aliphatic rings. The van der Waals surface area contributed by atoms with Gasteiger partial charge in [-0.2, -0.15) is 0 Å². The number of nitrogens with one attached hydrogen (secondary N) is 1. The average Bonchev–Trinajstić information content (AvgIpc) is 2.54. The minimum absolute atomic E-state index is 0.0156. The Balaban J connectivity index is 1.83. The van der Waals surface area contributed by atoms with Gasteiger partial charge in [-0.3, -0.25) is 14.9 Å². The summed E-state index contributed by atoms with van der Waals surface area (Å²) < 4.78 is 0. The van der Waals surface area contributed by atoms with E-state index in [2.05, 4.69) is 15.3 Å². The summed E-state index contributed by atoms with van der Waals surface area (Å²) in [5, 5.41) is 14.5. The number of nitrogens with zero attached hydrogens (tertiary/aromatic N) is 3. The molecular weight excluding hydrogens is 320 g/mol. The molecule has 3 aromatic rings. The first-order chi connectivity index (χ1) is 11.0. The Labute approximate surface area is 135 Å². The highest BCUT2D eigenvalue weighted by molar-refractivity contribution is 6.31. The van der Waals surface area contributed by atoms with E-state index in [0.29, 0.717) is 16.2 Å². The van der Waals surface area contributed by atoms with E-state index in [-0.39, 0.29) is 11.5 Å². The van der Waals surface area contributed by atoms with E-state index in [4.69, 9.17) is 11.6 Å². The van der Waals surface area contributed by atoms with Crippen LogP contribution in [0.15, 0.2) is 48.7 Å². The fourth-order valence-corrected chi connectivity index (χ4v) is 2.13. The van der Waals surface area contributed by atoms with Crippen molar-refractivity contribution in [1.29, 1.82) is 0 Å². The minimum atomic E-state index is -0.513. The summed E-state index contributed by atoms with van der Waals surface area (Å²) >= 11 is 5.90. The van der Waals surface area contributed by atoms with E-state index in [1.807, 2.05) is 0 Å². The zero-order valence-electron chi connectivity index (χ0n) is 11.6. The quantitative estimate of drug-likeness (QED) is 0.586. The number of carbonyl (C=O) groups excluding carboxylic acids is 1. The molecule has 0 saturated heterocycles. The summed E-state index contributed by atoms with van der Waals surface area (Å²) in [5.74, 6) is -0.529. The molecule has 0 fully saturated rings. The number of hydrogen-bond donors (Lipinski definition) is 1. The van der Waals surface area contributed by atoms with Crippen LogP contribution in [-0.4, -0.2) is 20.8 Å². The highest BCUT2D eigenvalue weighted by Gasteiger charge is 2.12. The Bertz CT molecular complexity index is 912. The predicted octanol–water partition coefficient (Wildman–Crippen LogP) is 3.44. The molecule has 0 saturated carbocycles. The number of aromatic nitrogens is 2. The molecule has 2 aromatic carbocycles. The largest absolute Gasteiger partial charge is 0.319 e. The lowest BCUT2D eigenvalue weighted by Crippen LogP contribution is -2.15. The number of nitro groups is 1. The van der Waals surface area contributed by atoms with Crippen LogP contribution in [0.4, 0.5) is 11.4 Å². The number of nitro benzene ring substituents is 1. The Morgan fingerprint density at radius 3 is 2.61 bits per heavy atom. The van der Waals surface area contributed by atoms with Gasteiger partial charge in [0.2, 0.25) is 5.82 Å². The van der Waals surface area contributed by atoms with E-state index in [1.165, 1.54) is 30.5 Å². The molecule has 1 amide bonds. The van der Waals surface area contributed by atoms with Crippen molar-refractivity contribution in [1.82, 2.24) is 9.97 Å². The lowest BCUT2D eigenvalue weighted by atomic mass is 10.2. The zero-order valence-corrected chi connectivity index (χ0v) is 12.3. The third-order valence-corrected chi connectivity index (χ3v) is 3.32. The van der Waals surface area contributed by atoms with Gasteiger partial charge in [-0.25, -0.2) is 9.97 Å². The highest BCUT2D eigenvalue weighted by Crippen LogP contribution is 2.18. The lowest BCUT2D eigenvalue weighted by molar-refractivity contribution is -0.384. The van der Waals surface area contributed by atoms with E-state index in [1.54, 1.807) is 18.2 Å². The SMILES string of the molecule is O=C(Nc1ccc([N+](=O)[O-])cc1)c1ncc2ccc(Cl)cc2n1. The van der Waals surface area contributed by atoms with Gasteiger partial charge in [0, 0.05) is 34.4 Å². The first-order valence-corrected chi connectivity index (χ1v) is 6.89. The molecule has 0 bridgehead atoms. The Hall–Kier alpha value is -3.06. The van der Waals surface area contributed by atoms with Crippen LogP contribution in [0.25, 0.3) is 10.9 Å². The number of rotatable bonds is 3. The average molecular weight is 329 g/mol. The van der Waals surface area contributed by atoms with Gasteiger partial charge in [0.15, 0.2) is 0 Å². The van der Waals surface area contributed by atoms with Crippen molar-refractivity contribution in [3.63, 3.8) is 0 Å². The second-order valence-electron chi connectivity index (χ2n) is 4.65. The number of carbonyl (C=O) groups is 1. The van der Waals surface area contributed by atoms with Crippen molar-refractivity contribution in [2.75, 3.05) is 5.32 Å². The van der Waals surface area contributed by atoms with Crippen molar-refractivity contribution >= 4 is 39.8 Å². The highest BCUT2D eigenvalue weighted by atomic mass is 35.5. The van der Waals surface area contributed by atoms with Crippen LogP contribution in [0.2, 0.25) is 5.02 Å². The third kappa shape index (κ3) is 3.24. The van der Waals surface area contributed by atoms with Crippen molar-refractivity contribution in [3.8, 4) is 0 Å². The molecule has 23 heavy (non-hydrogen) atoms. The Morgan fingerprint density at radius 2 is 1.91 bits per heavy atom. The normalized spacial score (nSPS) is 10.5. The smallest absolute Gasteiger partial charge is 0.293 e. The molecule has 1 aromatic heterocycles. The molecule has 114 valence electrons. The second-order valence-corrected chi connectivity index (χ2v) is 5.09. The van der Waals surface area contributed by atoms with Crippen molar-refractivity contribution in [2.45, 2.75) is 0 Å². The number of benzene rings is 2. The van der Waals surface area contributed by atoms with Gasteiger partial charge in [-0.1, -0.05) is 11.6 Å². The topological polar surface area (TPSA) is 98.0 Å². The summed E-state index contributed by atoms with van der Waals surface area (Å²) in [6.45, 7) is 0. The van der Waals surface area contributed by atoms with Crippen LogP contribution in [0.5, 0.6) is 0 Å². The van der Waals surface area contributed by atoms with Gasteiger partial charge < -0.3 is 5.32 Å². The van der Waals surface area contributed by atoms with Gasteiger partial charge >= 0.3 is 0 Å². The first-order valence-electron chi connectivity index (χ1n) is 6.51. The van der Waals surface area contributed by atoms with Gasteiger partial charge in [-0.05, 0) is 30.3 Å². The third-order valence-electron chi connectivity index (χ3n) is 3.08. The fourth-order valence-electron chi connectivity index (χ4n) is 1.96. The number of non-ortho nitro benzene ring substituents is 1. The Morgan fingerprint density at radius 1 is 1.17 bits per heavy atom. The maximum atomic E-state index is 12.2. The zero-order chi connectivity index (χ0) is 16.4. The van der Waals surface area contributed by atoms with Gasteiger partial charge in [-0.15, -0.1) is 0 Å². The number of halogens is 1. The molecule has 1 N–H and O–H groups in total. The summed E-state index contributed by atoms with van der Waals surface area (Å²) in [6, 6.07) is 10.6. The molecule has 0 radical (unpaired) electrons.